The lowest BCUT2D eigenvalue weighted by Crippen LogP contribution is -2.24. The SMILES string of the molecule is CC.CC.CC.CC(C)C(C)C(C)C(C)C.CC(C)C(C)CC(CC(C)C(C)C)C(C)C(C)C.CC(C)C(C)CCCC(C)C(C)C.CCCC(C)C(C)C. The van der Waals surface area contributed by atoms with Gasteiger partial charge in [0.25, 0.3) is 0 Å². The average molecular weight is 786 g/mol. The first-order chi connectivity index (χ1) is 25.3. The van der Waals surface area contributed by atoms with Gasteiger partial charge in [-0.1, -0.05) is 247 Å². The lowest BCUT2D eigenvalue weighted by molar-refractivity contribution is 0.168. The van der Waals surface area contributed by atoms with Gasteiger partial charge >= 0.3 is 0 Å². The zero-order valence-electron chi connectivity index (χ0n) is 45.8. The Morgan fingerprint density at radius 2 is 0.473 bits per heavy atom. The van der Waals surface area contributed by atoms with Gasteiger partial charge in [-0.15, -0.1) is 0 Å². The van der Waals surface area contributed by atoms with E-state index in [1.165, 1.54) is 44.9 Å². The summed E-state index contributed by atoms with van der Waals surface area (Å²) in [6.45, 7) is 70.8. The van der Waals surface area contributed by atoms with Crippen LogP contribution in [0.15, 0.2) is 0 Å². The van der Waals surface area contributed by atoms with E-state index < -0.39 is 0 Å². The lowest BCUT2D eigenvalue weighted by atomic mass is 9.72. The summed E-state index contributed by atoms with van der Waals surface area (Å²) in [7, 11) is 0. The van der Waals surface area contributed by atoms with Crippen LogP contribution < -0.4 is 0 Å². The second-order valence-corrected chi connectivity index (χ2v) is 20.4. The molecule has 0 spiro atoms. The molecule has 0 N–H and O–H groups in total. The summed E-state index contributed by atoms with van der Waals surface area (Å²) in [6, 6.07) is 0. The van der Waals surface area contributed by atoms with Gasteiger partial charge in [-0.3, -0.25) is 0 Å². The molecule has 0 aliphatic carbocycles. The summed E-state index contributed by atoms with van der Waals surface area (Å²) in [5, 5.41) is 0. The zero-order valence-corrected chi connectivity index (χ0v) is 45.8. The average Bonchev–Trinajstić information content (AvgIpc) is 3.13. The van der Waals surface area contributed by atoms with E-state index in [0.717, 1.165) is 101 Å². The molecule has 8 unspecified atom stereocenters. The summed E-state index contributed by atoms with van der Waals surface area (Å²) in [6.07, 6.45) is 9.78. The van der Waals surface area contributed by atoms with Crippen molar-refractivity contribution in [1.82, 2.24) is 0 Å². The van der Waals surface area contributed by atoms with Crippen LogP contribution in [0.25, 0.3) is 0 Å². The predicted molar refractivity (Wildman–Crippen MR) is 268 cm³/mol. The maximum atomic E-state index is 2.47. The highest BCUT2D eigenvalue weighted by Crippen LogP contribution is 2.35. The van der Waals surface area contributed by atoms with Crippen LogP contribution in [0.1, 0.15) is 260 Å². The Morgan fingerprint density at radius 3 is 0.636 bits per heavy atom. The zero-order chi connectivity index (χ0) is 45.8. The molecule has 0 heterocycles. The molecule has 0 aliphatic rings. The third-order valence-electron chi connectivity index (χ3n) is 13.8. The van der Waals surface area contributed by atoms with Crippen molar-refractivity contribution < 1.29 is 0 Å². The molecule has 0 bridgehead atoms. The Hall–Kier alpha value is 0. The highest BCUT2D eigenvalue weighted by atomic mass is 14.3. The number of hydrogen-bond acceptors (Lipinski definition) is 0. The fraction of sp³-hybridized carbons (Fsp3) is 1.00. The normalized spacial score (nSPS) is 16.0. The third-order valence-corrected chi connectivity index (χ3v) is 13.8. The van der Waals surface area contributed by atoms with Gasteiger partial charge in [0, 0.05) is 0 Å². The molecule has 0 aromatic rings. The van der Waals surface area contributed by atoms with E-state index in [1.807, 2.05) is 41.5 Å². The Balaban J connectivity index is -0.000000110. The molecular formula is C55H124. The van der Waals surface area contributed by atoms with Gasteiger partial charge < -0.3 is 0 Å². The summed E-state index contributed by atoms with van der Waals surface area (Å²) < 4.78 is 0. The maximum Gasteiger partial charge on any atom is -0.0381 e. The second-order valence-electron chi connectivity index (χ2n) is 20.4. The molecule has 0 heteroatoms. The van der Waals surface area contributed by atoms with Crippen molar-refractivity contribution in [2.45, 2.75) is 260 Å². The van der Waals surface area contributed by atoms with Gasteiger partial charge in [0.05, 0.1) is 0 Å². The molecular weight excluding hydrogens is 661 g/mol. The number of rotatable bonds is 20. The molecule has 0 aromatic heterocycles. The largest absolute Gasteiger partial charge is 0.0683 e. The van der Waals surface area contributed by atoms with Crippen LogP contribution in [-0.4, -0.2) is 0 Å². The molecule has 0 amide bonds. The van der Waals surface area contributed by atoms with Crippen LogP contribution in [0.2, 0.25) is 0 Å². The van der Waals surface area contributed by atoms with E-state index >= 15 is 0 Å². The molecule has 0 nitrogen and oxygen atoms in total. The van der Waals surface area contributed by atoms with E-state index in [4.69, 9.17) is 0 Å². The highest BCUT2D eigenvalue weighted by Gasteiger charge is 2.26. The molecule has 0 rings (SSSR count). The summed E-state index contributed by atoms with van der Waals surface area (Å²) in [4.78, 5) is 0. The van der Waals surface area contributed by atoms with Gasteiger partial charge in [0.15, 0.2) is 0 Å². The molecule has 8 atom stereocenters. The van der Waals surface area contributed by atoms with Crippen LogP contribution in [0.4, 0.5) is 0 Å². The first-order valence-electron chi connectivity index (χ1n) is 25.3. The van der Waals surface area contributed by atoms with Crippen molar-refractivity contribution in [3.63, 3.8) is 0 Å². The molecule has 344 valence electrons. The summed E-state index contributed by atoms with van der Waals surface area (Å²) >= 11 is 0. The minimum absolute atomic E-state index is 0.814. The van der Waals surface area contributed by atoms with Crippen molar-refractivity contribution in [1.29, 1.82) is 0 Å². The van der Waals surface area contributed by atoms with E-state index in [2.05, 4.69) is 173 Å². The van der Waals surface area contributed by atoms with Gasteiger partial charge in [-0.25, -0.2) is 0 Å². The maximum absolute atomic E-state index is 2.47. The monoisotopic (exact) mass is 785 g/mol. The first kappa shape index (κ1) is 69.6. The van der Waals surface area contributed by atoms with E-state index in [0.29, 0.717) is 0 Å². The predicted octanol–water partition coefficient (Wildman–Crippen LogP) is 20.7. The van der Waals surface area contributed by atoms with E-state index in [9.17, 15) is 0 Å². The summed E-state index contributed by atoms with van der Waals surface area (Å²) in [5.41, 5.74) is 0. The van der Waals surface area contributed by atoms with Crippen molar-refractivity contribution in [3.05, 3.63) is 0 Å². The molecule has 0 aromatic carbocycles. The summed E-state index contributed by atoms with van der Waals surface area (Å²) in [5.74, 6) is 14.6. The minimum atomic E-state index is 0.814. The van der Waals surface area contributed by atoms with Crippen molar-refractivity contribution in [2.75, 3.05) is 0 Å². The molecule has 55 heavy (non-hydrogen) atoms. The molecule has 0 saturated heterocycles. The van der Waals surface area contributed by atoms with Gasteiger partial charge in [-0.05, 0) is 113 Å². The fourth-order valence-electron chi connectivity index (χ4n) is 6.00. The minimum Gasteiger partial charge on any atom is -0.0683 e. The molecule has 0 saturated carbocycles. The van der Waals surface area contributed by atoms with Crippen LogP contribution in [-0.2, 0) is 0 Å². The standard InChI is InChI=1S/C18H38.C13H28.C10H22.C8H18.3C2H6/c1-12(2)15(7)10-18(17(9)14(5)6)11-16(8)13(3)4;1-10(2)12(5)8-7-9-13(6)11(3)4;1-7(2)9(5)10(6)8(3)4;1-5-6-8(4)7(2)3;3*1-2/h12-18H,10-11H2,1-9H3;10-13H,7-9H2,1-6H3;7-10H,1-6H3;7-8H,5-6H2,1-4H3;3*1-2H3. The van der Waals surface area contributed by atoms with E-state index in [-0.39, 0.29) is 0 Å². The van der Waals surface area contributed by atoms with Crippen LogP contribution in [0, 0.1) is 101 Å². The van der Waals surface area contributed by atoms with Crippen molar-refractivity contribution in [3.8, 4) is 0 Å². The number of hydrogen-bond donors (Lipinski definition) is 0. The Kier molecular flexibility index (Phi) is 57.1. The van der Waals surface area contributed by atoms with Crippen LogP contribution in [0.5, 0.6) is 0 Å². The molecule has 0 fully saturated rings. The van der Waals surface area contributed by atoms with Crippen molar-refractivity contribution in [2.24, 2.45) is 101 Å². The quantitative estimate of drug-likeness (QED) is 0.115. The second kappa shape index (κ2) is 45.1. The molecule has 0 radical (unpaired) electrons. The van der Waals surface area contributed by atoms with E-state index in [1.54, 1.807) is 0 Å². The van der Waals surface area contributed by atoms with Crippen LogP contribution >= 0.6 is 0 Å². The van der Waals surface area contributed by atoms with Crippen LogP contribution in [0.3, 0.4) is 0 Å². The van der Waals surface area contributed by atoms with Gasteiger partial charge in [0.1, 0.15) is 0 Å². The topological polar surface area (TPSA) is 0 Å². The van der Waals surface area contributed by atoms with Gasteiger partial charge in [-0.2, -0.15) is 0 Å². The lowest BCUT2D eigenvalue weighted by Gasteiger charge is -2.33. The van der Waals surface area contributed by atoms with Crippen molar-refractivity contribution >= 4 is 0 Å². The van der Waals surface area contributed by atoms with Gasteiger partial charge in [0.2, 0.25) is 0 Å². The Morgan fingerprint density at radius 1 is 0.255 bits per heavy atom. The Bertz CT molecular complexity index is 622. The Labute approximate surface area is 358 Å². The third kappa shape index (κ3) is 44.9. The first-order valence-corrected chi connectivity index (χ1v) is 25.3. The molecule has 0 aliphatic heterocycles. The smallest absolute Gasteiger partial charge is 0.0381 e. The highest BCUT2D eigenvalue weighted by molar-refractivity contribution is 4.76. The fourth-order valence-corrected chi connectivity index (χ4v) is 6.00.